The van der Waals surface area contributed by atoms with Gasteiger partial charge in [-0.2, -0.15) is 0 Å². The number of piperidine rings is 1. The molecule has 1 N–H and O–H groups in total. The molecule has 2 fully saturated rings. The Balaban J connectivity index is 2.06. The molecular weight excluding hydrogens is 238 g/mol. The highest BCUT2D eigenvalue weighted by Gasteiger charge is 2.43. The van der Waals surface area contributed by atoms with Gasteiger partial charge in [-0.05, 0) is 57.3 Å². The number of hydrogen-bond acceptors (Lipinski definition) is 2. The number of nitrogens with zero attached hydrogens (tertiary/aromatic N) is 1. The third-order valence-electron chi connectivity index (χ3n) is 5.44. The molecule has 1 aliphatic carbocycles. The van der Waals surface area contributed by atoms with Crippen molar-refractivity contribution in [2.45, 2.75) is 65.3 Å². The second-order valence-electron chi connectivity index (χ2n) is 7.23. The lowest BCUT2D eigenvalue weighted by Gasteiger charge is -2.44. The number of hydrogen-bond donors (Lipinski definition) is 1. The smallest absolute Gasteiger partial charge is 0.310 e. The molecule has 2 aliphatic rings. The van der Waals surface area contributed by atoms with Crippen LogP contribution in [0.15, 0.2) is 0 Å². The molecule has 0 radical (unpaired) electrons. The van der Waals surface area contributed by atoms with Crippen LogP contribution < -0.4 is 0 Å². The fraction of sp³-hybridized carbons (Fsp3) is 0.938. The van der Waals surface area contributed by atoms with E-state index in [1.54, 1.807) is 0 Å². The molecule has 1 heterocycles. The topological polar surface area (TPSA) is 40.5 Å². The molecule has 110 valence electrons. The van der Waals surface area contributed by atoms with Gasteiger partial charge in [0, 0.05) is 19.1 Å². The van der Waals surface area contributed by atoms with Crippen molar-refractivity contribution in [3.63, 3.8) is 0 Å². The van der Waals surface area contributed by atoms with E-state index < -0.39 is 11.4 Å². The fourth-order valence-corrected chi connectivity index (χ4v) is 3.74. The summed E-state index contributed by atoms with van der Waals surface area (Å²) < 4.78 is 0. The Morgan fingerprint density at radius 3 is 2.32 bits per heavy atom. The SMILES string of the molecule is CC1CCC(CN2CC(C)CCC2C)(C(=O)O)CC1. The maximum atomic E-state index is 11.8. The molecule has 1 aliphatic heterocycles. The summed E-state index contributed by atoms with van der Waals surface area (Å²) in [6.45, 7) is 8.63. The van der Waals surface area contributed by atoms with E-state index in [0.717, 1.165) is 38.8 Å². The minimum absolute atomic E-state index is 0.474. The number of likely N-dealkylation sites (tertiary alicyclic amines) is 1. The first-order chi connectivity index (χ1) is 8.93. The van der Waals surface area contributed by atoms with Gasteiger partial charge in [0.2, 0.25) is 0 Å². The van der Waals surface area contributed by atoms with E-state index in [2.05, 4.69) is 25.7 Å². The largest absolute Gasteiger partial charge is 0.481 e. The predicted octanol–water partition coefficient (Wildman–Crippen LogP) is 3.39. The molecule has 2 rings (SSSR count). The Bertz CT molecular complexity index is 321. The summed E-state index contributed by atoms with van der Waals surface area (Å²) in [5.74, 6) is 0.847. The van der Waals surface area contributed by atoms with Crippen LogP contribution in [0.4, 0.5) is 0 Å². The molecular formula is C16H29NO2. The van der Waals surface area contributed by atoms with Crippen LogP contribution in [0.25, 0.3) is 0 Å². The van der Waals surface area contributed by atoms with Gasteiger partial charge in [-0.3, -0.25) is 9.69 Å². The van der Waals surface area contributed by atoms with Crippen molar-refractivity contribution in [1.82, 2.24) is 4.90 Å². The van der Waals surface area contributed by atoms with Crippen LogP contribution in [0.3, 0.4) is 0 Å². The second kappa shape index (κ2) is 5.82. The van der Waals surface area contributed by atoms with Crippen molar-refractivity contribution in [3.05, 3.63) is 0 Å². The average Bonchev–Trinajstić information content (AvgIpc) is 2.36. The van der Waals surface area contributed by atoms with Gasteiger partial charge in [0.1, 0.15) is 0 Å². The molecule has 3 nitrogen and oxygen atoms in total. The lowest BCUT2D eigenvalue weighted by Crippen LogP contribution is -2.51. The van der Waals surface area contributed by atoms with Gasteiger partial charge >= 0.3 is 5.97 Å². The molecule has 19 heavy (non-hydrogen) atoms. The summed E-state index contributed by atoms with van der Waals surface area (Å²) in [5, 5.41) is 9.73. The molecule has 0 aromatic rings. The minimum atomic E-state index is -0.565. The van der Waals surface area contributed by atoms with Gasteiger partial charge < -0.3 is 5.11 Å². The van der Waals surface area contributed by atoms with Crippen LogP contribution in [0, 0.1) is 17.3 Å². The van der Waals surface area contributed by atoms with Crippen molar-refractivity contribution >= 4 is 5.97 Å². The van der Waals surface area contributed by atoms with Crippen molar-refractivity contribution < 1.29 is 9.90 Å². The molecule has 2 atom stereocenters. The summed E-state index contributed by atoms with van der Waals surface area (Å²) in [7, 11) is 0. The van der Waals surface area contributed by atoms with Crippen LogP contribution in [-0.2, 0) is 4.79 Å². The van der Waals surface area contributed by atoms with E-state index in [-0.39, 0.29) is 0 Å². The Hall–Kier alpha value is -0.570. The van der Waals surface area contributed by atoms with E-state index in [0.29, 0.717) is 17.9 Å². The maximum absolute atomic E-state index is 11.8. The number of rotatable bonds is 3. The van der Waals surface area contributed by atoms with E-state index >= 15 is 0 Å². The number of aliphatic carboxylic acids is 1. The van der Waals surface area contributed by atoms with Crippen LogP contribution in [0.1, 0.15) is 59.3 Å². The van der Waals surface area contributed by atoms with Gasteiger partial charge in [-0.1, -0.05) is 13.8 Å². The Labute approximate surface area is 117 Å². The summed E-state index contributed by atoms with van der Waals surface area (Å²) in [6, 6.07) is 0.548. The Morgan fingerprint density at radius 1 is 1.11 bits per heavy atom. The number of carbonyl (C=O) groups is 1. The predicted molar refractivity (Wildman–Crippen MR) is 77.1 cm³/mol. The highest BCUT2D eigenvalue weighted by atomic mass is 16.4. The minimum Gasteiger partial charge on any atom is -0.481 e. The zero-order valence-electron chi connectivity index (χ0n) is 12.7. The Morgan fingerprint density at radius 2 is 1.74 bits per heavy atom. The fourth-order valence-electron chi connectivity index (χ4n) is 3.74. The normalized spacial score (nSPS) is 41.1. The quantitative estimate of drug-likeness (QED) is 0.852. The van der Waals surface area contributed by atoms with Crippen molar-refractivity contribution in [2.24, 2.45) is 17.3 Å². The first kappa shape index (κ1) is 14.8. The lowest BCUT2D eigenvalue weighted by atomic mass is 9.70. The molecule has 0 bridgehead atoms. The molecule has 1 saturated heterocycles. The summed E-state index contributed by atoms with van der Waals surface area (Å²) in [6.07, 6.45) is 6.37. The van der Waals surface area contributed by atoms with Crippen LogP contribution in [0.5, 0.6) is 0 Å². The third-order valence-corrected chi connectivity index (χ3v) is 5.44. The van der Waals surface area contributed by atoms with Gasteiger partial charge in [0.15, 0.2) is 0 Å². The molecule has 0 amide bonds. The molecule has 0 aromatic heterocycles. The van der Waals surface area contributed by atoms with Gasteiger partial charge in [-0.15, -0.1) is 0 Å². The van der Waals surface area contributed by atoms with Crippen molar-refractivity contribution in [3.8, 4) is 0 Å². The second-order valence-corrected chi connectivity index (χ2v) is 7.23. The van der Waals surface area contributed by atoms with Crippen LogP contribution >= 0.6 is 0 Å². The van der Waals surface area contributed by atoms with Gasteiger partial charge in [0.25, 0.3) is 0 Å². The highest BCUT2D eigenvalue weighted by Crippen LogP contribution is 2.41. The average molecular weight is 267 g/mol. The zero-order valence-corrected chi connectivity index (χ0v) is 12.7. The summed E-state index contributed by atoms with van der Waals surface area (Å²) in [5.41, 5.74) is -0.474. The first-order valence-electron chi connectivity index (χ1n) is 7.90. The van der Waals surface area contributed by atoms with Gasteiger partial charge in [-0.25, -0.2) is 0 Å². The Kier molecular flexibility index (Phi) is 4.54. The van der Waals surface area contributed by atoms with Crippen LogP contribution in [0.2, 0.25) is 0 Å². The van der Waals surface area contributed by atoms with Crippen molar-refractivity contribution in [2.75, 3.05) is 13.1 Å². The van der Waals surface area contributed by atoms with Crippen molar-refractivity contribution in [1.29, 1.82) is 0 Å². The molecule has 0 spiro atoms. The van der Waals surface area contributed by atoms with Crippen LogP contribution in [-0.4, -0.2) is 35.1 Å². The maximum Gasteiger partial charge on any atom is 0.310 e. The number of carboxylic acid groups (broad SMARTS) is 1. The molecule has 1 saturated carbocycles. The van der Waals surface area contributed by atoms with E-state index in [4.69, 9.17) is 0 Å². The van der Waals surface area contributed by atoms with E-state index in [9.17, 15) is 9.90 Å². The molecule has 2 unspecified atom stereocenters. The highest BCUT2D eigenvalue weighted by molar-refractivity contribution is 5.75. The number of carboxylic acids is 1. The first-order valence-corrected chi connectivity index (χ1v) is 7.90. The third kappa shape index (κ3) is 3.31. The van der Waals surface area contributed by atoms with E-state index in [1.807, 2.05) is 0 Å². The molecule has 0 aromatic carbocycles. The summed E-state index contributed by atoms with van der Waals surface area (Å²) >= 11 is 0. The molecule has 3 heteroatoms. The van der Waals surface area contributed by atoms with E-state index in [1.165, 1.54) is 12.8 Å². The monoisotopic (exact) mass is 267 g/mol. The zero-order chi connectivity index (χ0) is 14.0. The summed E-state index contributed by atoms with van der Waals surface area (Å²) in [4.78, 5) is 14.3. The van der Waals surface area contributed by atoms with Gasteiger partial charge in [0.05, 0.1) is 5.41 Å². The standard InChI is InChI=1S/C16H29NO2/c1-12-6-8-16(9-7-12,15(18)19)11-17-10-13(2)4-5-14(17)3/h12-14H,4-11H2,1-3H3,(H,18,19). The lowest BCUT2D eigenvalue weighted by molar-refractivity contribution is -0.154.